The molecule has 228 valence electrons. The van der Waals surface area contributed by atoms with Crippen molar-refractivity contribution in [2.45, 2.75) is 64.8 Å². The largest absolute Gasteiger partial charge is 0.481 e. The van der Waals surface area contributed by atoms with Gasteiger partial charge in [-0.15, -0.1) is 0 Å². The molecule has 0 bridgehead atoms. The number of hydrogen-bond acceptors (Lipinski definition) is 7. The minimum Gasteiger partial charge on any atom is -0.481 e. The van der Waals surface area contributed by atoms with E-state index in [9.17, 15) is 19.5 Å². The molecule has 41 heavy (non-hydrogen) atoms. The van der Waals surface area contributed by atoms with Gasteiger partial charge in [0.05, 0.1) is 12.5 Å². The normalized spacial score (nSPS) is 23.5. The van der Waals surface area contributed by atoms with E-state index in [0.717, 1.165) is 37.8 Å². The van der Waals surface area contributed by atoms with Gasteiger partial charge in [-0.3, -0.25) is 19.3 Å². The number of carbonyl (C=O) groups is 3. The second-order valence-electron chi connectivity index (χ2n) is 12.7. The SMILES string of the molecule is CCCCN(CCCN(C)C)C(=O)CN1C[C@H](c2ccc3c(c2)OCO3)[C@@H](C(=O)O)[C@@H]1CCN1CCC(C)(C)C1=O. The number of amides is 2. The van der Waals surface area contributed by atoms with Crippen molar-refractivity contribution in [3.05, 3.63) is 23.8 Å². The highest BCUT2D eigenvalue weighted by atomic mass is 16.7. The number of carboxylic acid groups (broad SMARTS) is 1. The number of nitrogens with zero attached hydrogens (tertiary/aromatic N) is 4. The minimum atomic E-state index is -0.880. The fraction of sp³-hybridized carbons (Fsp3) is 0.710. The van der Waals surface area contributed by atoms with Crippen molar-refractivity contribution in [2.75, 3.05) is 66.7 Å². The Bertz CT molecular complexity index is 1090. The van der Waals surface area contributed by atoms with Crippen LogP contribution in [-0.4, -0.2) is 115 Å². The molecule has 0 spiro atoms. The van der Waals surface area contributed by atoms with Gasteiger partial charge in [0.25, 0.3) is 0 Å². The Morgan fingerprint density at radius 1 is 1.10 bits per heavy atom. The molecule has 4 rings (SSSR count). The van der Waals surface area contributed by atoms with Crippen LogP contribution in [0.25, 0.3) is 0 Å². The molecule has 2 saturated heterocycles. The molecule has 3 aliphatic rings. The second kappa shape index (κ2) is 13.4. The van der Waals surface area contributed by atoms with E-state index in [-0.39, 0.29) is 42.5 Å². The first-order valence-corrected chi connectivity index (χ1v) is 15.1. The lowest BCUT2D eigenvalue weighted by Crippen LogP contribution is -2.46. The molecule has 0 radical (unpaired) electrons. The van der Waals surface area contributed by atoms with Gasteiger partial charge >= 0.3 is 5.97 Å². The number of benzene rings is 1. The molecule has 10 nitrogen and oxygen atoms in total. The summed E-state index contributed by atoms with van der Waals surface area (Å²) in [6.45, 7) is 10.3. The number of rotatable bonds is 14. The molecule has 2 amide bonds. The van der Waals surface area contributed by atoms with Crippen molar-refractivity contribution < 1.29 is 29.0 Å². The average Bonchev–Trinajstić information content (AvgIpc) is 3.60. The second-order valence-corrected chi connectivity index (χ2v) is 12.7. The van der Waals surface area contributed by atoms with Crippen LogP contribution in [0.3, 0.4) is 0 Å². The Hall–Kier alpha value is -2.85. The molecule has 2 fully saturated rings. The van der Waals surface area contributed by atoms with Crippen LogP contribution in [0.5, 0.6) is 11.5 Å². The van der Waals surface area contributed by atoms with E-state index in [4.69, 9.17) is 9.47 Å². The molecule has 0 aliphatic carbocycles. The van der Waals surface area contributed by atoms with Gasteiger partial charge in [0.1, 0.15) is 0 Å². The van der Waals surface area contributed by atoms with Gasteiger partial charge in [-0.2, -0.15) is 0 Å². The summed E-state index contributed by atoms with van der Waals surface area (Å²) in [5.74, 6) is -0.486. The van der Waals surface area contributed by atoms with Crippen molar-refractivity contribution in [3.8, 4) is 11.5 Å². The van der Waals surface area contributed by atoms with Crippen molar-refractivity contribution >= 4 is 17.8 Å². The zero-order valence-corrected chi connectivity index (χ0v) is 25.4. The maximum Gasteiger partial charge on any atom is 0.308 e. The number of aliphatic carboxylic acids is 1. The predicted octanol–water partition coefficient (Wildman–Crippen LogP) is 3.11. The summed E-state index contributed by atoms with van der Waals surface area (Å²) in [5, 5.41) is 10.5. The molecular weight excluding hydrogens is 524 g/mol. The zero-order chi connectivity index (χ0) is 29.7. The van der Waals surface area contributed by atoms with Crippen molar-refractivity contribution in [3.63, 3.8) is 0 Å². The molecule has 1 aromatic carbocycles. The lowest BCUT2D eigenvalue weighted by Gasteiger charge is -2.31. The number of hydrogen-bond donors (Lipinski definition) is 1. The number of likely N-dealkylation sites (tertiary alicyclic amines) is 2. The Balaban J connectivity index is 1.56. The molecule has 0 unspecified atom stereocenters. The smallest absolute Gasteiger partial charge is 0.308 e. The van der Waals surface area contributed by atoms with E-state index < -0.39 is 11.9 Å². The van der Waals surface area contributed by atoms with Crippen LogP contribution in [0.2, 0.25) is 0 Å². The fourth-order valence-electron chi connectivity index (χ4n) is 6.45. The Morgan fingerprint density at radius 2 is 1.83 bits per heavy atom. The number of fused-ring (bicyclic) bond motifs is 1. The van der Waals surface area contributed by atoms with Gasteiger partial charge in [0.2, 0.25) is 18.6 Å². The van der Waals surface area contributed by atoms with Crippen LogP contribution in [0.1, 0.15) is 64.4 Å². The van der Waals surface area contributed by atoms with Crippen LogP contribution in [0, 0.1) is 11.3 Å². The van der Waals surface area contributed by atoms with Crippen molar-refractivity contribution in [1.82, 2.24) is 19.6 Å². The average molecular weight is 573 g/mol. The topological polar surface area (TPSA) is 103 Å². The fourth-order valence-corrected chi connectivity index (χ4v) is 6.45. The summed E-state index contributed by atoms with van der Waals surface area (Å²) >= 11 is 0. The Morgan fingerprint density at radius 3 is 2.49 bits per heavy atom. The van der Waals surface area contributed by atoms with Crippen LogP contribution >= 0.6 is 0 Å². The van der Waals surface area contributed by atoms with E-state index in [0.29, 0.717) is 50.6 Å². The monoisotopic (exact) mass is 572 g/mol. The molecular formula is C31H48N4O6. The number of ether oxygens (including phenoxy) is 2. The van der Waals surface area contributed by atoms with Crippen molar-refractivity contribution in [2.24, 2.45) is 11.3 Å². The number of carbonyl (C=O) groups excluding carboxylic acids is 2. The van der Waals surface area contributed by atoms with Crippen LogP contribution in [-0.2, 0) is 14.4 Å². The summed E-state index contributed by atoms with van der Waals surface area (Å²) < 4.78 is 11.1. The van der Waals surface area contributed by atoms with E-state index in [1.54, 1.807) is 0 Å². The van der Waals surface area contributed by atoms with Gasteiger partial charge < -0.3 is 29.3 Å². The van der Waals surface area contributed by atoms with Gasteiger partial charge in [-0.1, -0.05) is 33.3 Å². The minimum absolute atomic E-state index is 0.0380. The highest BCUT2D eigenvalue weighted by molar-refractivity contribution is 5.84. The first-order chi connectivity index (χ1) is 19.5. The van der Waals surface area contributed by atoms with E-state index in [1.807, 2.05) is 55.9 Å². The number of carboxylic acids is 1. The highest BCUT2D eigenvalue weighted by Gasteiger charge is 2.48. The summed E-state index contributed by atoms with van der Waals surface area (Å²) in [4.78, 5) is 47.5. The molecule has 3 heterocycles. The summed E-state index contributed by atoms with van der Waals surface area (Å²) in [6.07, 6.45) is 4.11. The predicted molar refractivity (Wildman–Crippen MR) is 156 cm³/mol. The van der Waals surface area contributed by atoms with Gasteiger partial charge in [0.15, 0.2) is 11.5 Å². The number of unbranched alkanes of at least 4 members (excludes halogenated alkanes) is 1. The van der Waals surface area contributed by atoms with Gasteiger partial charge in [0, 0.05) is 50.1 Å². The van der Waals surface area contributed by atoms with Gasteiger partial charge in [-0.05, 0) is 64.0 Å². The molecule has 0 saturated carbocycles. The maximum atomic E-state index is 13.7. The molecule has 10 heteroatoms. The third kappa shape index (κ3) is 7.33. The molecule has 3 aliphatic heterocycles. The van der Waals surface area contributed by atoms with Crippen LogP contribution in [0.15, 0.2) is 18.2 Å². The van der Waals surface area contributed by atoms with E-state index >= 15 is 0 Å². The highest BCUT2D eigenvalue weighted by Crippen LogP contribution is 2.43. The quantitative estimate of drug-likeness (QED) is 0.363. The summed E-state index contributed by atoms with van der Waals surface area (Å²) in [6, 6.07) is 5.25. The third-order valence-corrected chi connectivity index (χ3v) is 8.93. The Labute approximate surface area is 244 Å². The lowest BCUT2D eigenvalue weighted by molar-refractivity contribution is -0.144. The summed E-state index contributed by atoms with van der Waals surface area (Å²) in [7, 11) is 4.06. The molecule has 3 atom stereocenters. The van der Waals surface area contributed by atoms with Crippen LogP contribution in [0.4, 0.5) is 0 Å². The zero-order valence-electron chi connectivity index (χ0n) is 25.4. The first-order valence-electron chi connectivity index (χ1n) is 15.1. The molecule has 1 N–H and O–H groups in total. The molecule has 0 aromatic heterocycles. The third-order valence-electron chi connectivity index (χ3n) is 8.93. The summed E-state index contributed by atoms with van der Waals surface area (Å²) in [5.41, 5.74) is 0.479. The lowest BCUT2D eigenvalue weighted by atomic mass is 9.84. The standard InChI is InChI=1S/C31H48N4O6/c1-6-7-14-33(15-8-13-32(4)5)27(36)20-35-19-23(22-9-10-25-26(18-22)41-21-40-25)28(29(37)38)24(35)11-16-34-17-12-31(2,3)30(34)39/h9-10,18,23-24,28H,6-8,11-17,19-21H2,1-5H3,(H,37,38)/t23-,24+,28-/m1/s1. The van der Waals surface area contributed by atoms with Gasteiger partial charge in [-0.25, -0.2) is 0 Å². The maximum absolute atomic E-state index is 13.7. The van der Waals surface area contributed by atoms with Crippen molar-refractivity contribution in [1.29, 1.82) is 0 Å². The first kappa shape index (κ1) is 31.1. The van der Waals surface area contributed by atoms with E-state index in [2.05, 4.69) is 16.7 Å². The van der Waals surface area contributed by atoms with E-state index in [1.165, 1.54) is 0 Å². The molecule has 1 aromatic rings. The van der Waals surface area contributed by atoms with Crippen LogP contribution < -0.4 is 9.47 Å². The Kier molecular flexibility index (Phi) is 10.2.